The number of carbonyl (C=O) groups excluding carboxylic acids is 6. The second-order valence-electron chi connectivity index (χ2n) is 14.0. The number of fused-ring (bicyclic) bond motifs is 1. The monoisotopic (exact) mass is 625 g/mol. The van der Waals surface area contributed by atoms with Crippen molar-refractivity contribution in [2.75, 3.05) is 50.7 Å². The van der Waals surface area contributed by atoms with Gasteiger partial charge in [-0.3, -0.25) is 29.4 Å². The number of hydrogen-bond acceptors (Lipinski definition) is 9. The predicted octanol–water partition coefficient (Wildman–Crippen LogP) is -0.414. The Labute approximate surface area is 262 Å². The normalized spacial score (nSPS) is 23.6. The van der Waals surface area contributed by atoms with Gasteiger partial charge in [-0.2, -0.15) is 0 Å². The zero-order valence-electron chi connectivity index (χ0n) is 26.3. The SMILES string of the molecule is CC(C)(C)OC(=O)N1CCC(C[NH+]2CCC3(CC2)CN(c2ccc4c(c2)C(=O)N(C2CCC(=O)NC2=O)C4=O)C3)CC1.O=C[O-]. The van der Waals surface area contributed by atoms with Gasteiger partial charge in [0.25, 0.3) is 11.8 Å². The summed E-state index contributed by atoms with van der Waals surface area (Å²) in [6, 6.07) is 4.44. The van der Waals surface area contributed by atoms with E-state index in [1.165, 1.54) is 12.8 Å². The maximum atomic E-state index is 13.2. The Hall–Kier alpha value is -4.00. The fourth-order valence-corrected chi connectivity index (χ4v) is 7.31. The van der Waals surface area contributed by atoms with Crippen molar-refractivity contribution < 1.29 is 43.5 Å². The van der Waals surface area contributed by atoms with Crippen molar-refractivity contribution in [1.29, 1.82) is 0 Å². The van der Waals surface area contributed by atoms with Crippen LogP contribution in [-0.2, 0) is 19.1 Å². The van der Waals surface area contributed by atoms with Gasteiger partial charge in [-0.1, -0.05) is 0 Å². The molecule has 1 atom stereocenters. The molecule has 13 nitrogen and oxygen atoms in total. The van der Waals surface area contributed by atoms with E-state index in [0.717, 1.165) is 69.2 Å². The fourth-order valence-electron chi connectivity index (χ4n) is 7.31. The van der Waals surface area contributed by atoms with E-state index in [-0.39, 0.29) is 24.8 Å². The molecule has 5 amide bonds. The van der Waals surface area contributed by atoms with E-state index >= 15 is 0 Å². The molecular weight excluding hydrogens is 582 g/mol. The summed E-state index contributed by atoms with van der Waals surface area (Å²) in [6.45, 7) is 12.1. The number of hydrogen-bond donors (Lipinski definition) is 2. The van der Waals surface area contributed by atoms with Crippen molar-refractivity contribution in [3.05, 3.63) is 29.3 Å². The third kappa shape index (κ3) is 6.98. The molecule has 1 aromatic rings. The van der Waals surface area contributed by atoms with Crippen LogP contribution in [0.15, 0.2) is 18.2 Å². The predicted molar refractivity (Wildman–Crippen MR) is 159 cm³/mol. The molecular formula is C32H43N5O8. The van der Waals surface area contributed by atoms with Crippen molar-refractivity contribution in [1.82, 2.24) is 15.1 Å². The molecule has 0 bridgehead atoms. The number of carboxylic acid groups (broad SMARTS) is 1. The number of amides is 5. The molecule has 4 fully saturated rings. The number of nitrogens with zero attached hydrogens (tertiary/aromatic N) is 3. The van der Waals surface area contributed by atoms with Gasteiger partial charge in [-0.05, 0) is 58.2 Å². The van der Waals surface area contributed by atoms with Crippen LogP contribution in [0.25, 0.3) is 0 Å². The molecule has 13 heteroatoms. The van der Waals surface area contributed by atoms with Crippen LogP contribution in [0.4, 0.5) is 10.5 Å². The summed E-state index contributed by atoms with van der Waals surface area (Å²) < 4.78 is 5.53. The van der Waals surface area contributed by atoms with Gasteiger partial charge in [0.2, 0.25) is 11.8 Å². The first-order chi connectivity index (χ1) is 21.3. The van der Waals surface area contributed by atoms with Crippen molar-refractivity contribution in [2.24, 2.45) is 11.3 Å². The Kier molecular flexibility index (Phi) is 9.20. The first-order valence-corrected chi connectivity index (χ1v) is 15.8. The van der Waals surface area contributed by atoms with Crippen LogP contribution in [-0.4, -0.2) is 103 Å². The van der Waals surface area contributed by atoms with Gasteiger partial charge in [-0.15, -0.1) is 0 Å². The Morgan fingerprint density at radius 3 is 2.27 bits per heavy atom. The Balaban J connectivity index is 0.00000128. The minimum Gasteiger partial charge on any atom is -0.554 e. The molecule has 1 spiro atoms. The van der Waals surface area contributed by atoms with Crippen LogP contribution in [0, 0.1) is 11.3 Å². The Bertz CT molecular complexity index is 1350. The number of ether oxygens (including phenoxy) is 1. The smallest absolute Gasteiger partial charge is 0.410 e. The Morgan fingerprint density at radius 2 is 1.67 bits per heavy atom. The molecule has 6 rings (SSSR count). The number of anilines is 1. The standard InChI is InChI=1S/C31H41N5O6.CH2O2/c1-30(2,3)42-29(41)34-12-8-20(9-13-34)17-33-14-10-31(11-15-33)18-35(19-31)21-4-5-22-23(16-21)28(40)36(27(22)39)24-6-7-25(37)32-26(24)38;2-1-3/h4-5,16,20,24H,6-15,17-19H2,1-3H3,(H,32,37,38);1H,(H,2,3). The highest BCUT2D eigenvalue weighted by atomic mass is 16.6. The minimum atomic E-state index is -0.948. The number of benzene rings is 1. The van der Waals surface area contributed by atoms with Crippen molar-refractivity contribution in [3.8, 4) is 0 Å². The summed E-state index contributed by atoms with van der Waals surface area (Å²) in [7, 11) is 0. The van der Waals surface area contributed by atoms with Gasteiger partial charge in [0.1, 0.15) is 11.6 Å². The number of quaternary nitrogens is 1. The van der Waals surface area contributed by atoms with Crippen LogP contribution in [0.5, 0.6) is 0 Å². The maximum absolute atomic E-state index is 13.2. The quantitative estimate of drug-likeness (QED) is 0.335. The Morgan fingerprint density at radius 1 is 1.04 bits per heavy atom. The van der Waals surface area contributed by atoms with Crippen molar-refractivity contribution in [3.63, 3.8) is 0 Å². The van der Waals surface area contributed by atoms with Gasteiger partial charge in [0.05, 0.1) is 30.8 Å². The summed E-state index contributed by atoms with van der Waals surface area (Å²) in [5, 5.41) is 10.5. The van der Waals surface area contributed by atoms with E-state index in [0.29, 0.717) is 22.5 Å². The van der Waals surface area contributed by atoms with Crippen LogP contribution in [0.2, 0.25) is 0 Å². The number of rotatable bonds is 4. The highest BCUT2D eigenvalue weighted by Gasteiger charge is 2.48. The highest BCUT2D eigenvalue weighted by molar-refractivity contribution is 6.23. The van der Waals surface area contributed by atoms with Crippen LogP contribution in [0.1, 0.15) is 80.0 Å². The molecule has 5 aliphatic heterocycles. The molecule has 5 heterocycles. The number of likely N-dealkylation sites (tertiary alicyclic amines) is 2. The largest absolute Gasteiger partial charge is 0.554 e. The van der Waals surface area contributed by atoms with Crippen LogP contribution >= 0.6 is 0 Å². The first-order valence-electron chi connectivity index (χ1n) is 15.8. The van der Waals surface area contributed by atoms with Gasteiger partial charge < -0.3 is 29.3 Å². The van der Waals surface area contributed by atoms with Crippen molar-refractivity contribution >= 4 is 41.9 Å². The van der Waals surface area contributed by atoms with Gasteiger partial charge in [-0.25, -0.2) is 4.79 Å². The molecule has 4 saturated heterocycles. The van der Waals surface area contributed by atoms with Gasteiger partial charge >= 0.3 is 6.09 Å². The van der Waals surface area contributed by atoms with Crippen LogP contribution < -0.4 is 20.2 Å². The topological polar surface area (TPSA) is 161 Å². The molecule has 1 aromatic carbocycles. The molecule has 0 aliphatic carbocycles. The van der Waals surface area contributed by atoms with E-state index in [1.807, 2.05) is 31.7 Å². The average Bonchev–Trinajstić information content (AvgIpc) is 3.21. The molecule has 2 N–H and O–H groups in total. The molecule has 45 heavy (non-hydrogen) atoms. The lowest BCUT2D eigenvalue weighted by molar-refractivity contribution is -0.911. The number of piperidine rings is 3. The summed E-state index contributed by atoms with van der Waals surface area (Å²) in [4.78, 5) is 77.5. The number of imide groups is 2. The second-order valence-corrected chi connectivity index (χ2v) is 14.0. The van der Waals surface area contributed by atoms with E-state index in [9.17, 15) is 24.0 Å². The van der Waals surface area contributed by atoms with Crippen molar-refractivity contribution in [2.45, 2.75) is 70.9 Å². The summed E-state index contributed by atoms with van der Waals surface area (Å²) >= 11 is 0. The second kappa shape index (κ2) is 12.8. The minimum absolute atomic E-state index is 0.109. The fraction of sp³-hybridized carbons (Fsp3) is 0.625. The molecule has 244 valence electrons. The third-order valence-electron chi connectivity index (χ3n) is 9.70. The zero-order chi connectivity index (χ0) is 32.5. The van der Waals surface area contributed by atoms with Gasteiger partial charge in [0, 0.05) is 68.9 Å². The first kappa shape index (κ1) is 32.4. The lowest BCUT2D eigenvalue weighted by atomic mass is 9.71. The van der Waals surface area contributed by atoms with E-state index in [4.69, 9.17) is 14.6 Å². The number of nitrogens with one attached hydrogen (secondary N) is 2. The molecule has 0 aromatic heterocycles. The highest BCUT2D eigenvalue weighted by Crippen LogP contribution is 2.42. The molecule has 0 radical (unpaired) electrons. The summed E-state index contributed by atoms with van der Waals surface area (Å²) in [5.74, 6) is -1.27. The average molecular weight is 626 g/mol. The number of carbonyl (C=O) groups is 6. The zero-order valence-corrected chi connectivity index (χ0v) is 26.3. The van der Waals surface area contributed by atoms with E-state index in [1.54, 1.807) is 17.0 Å². The van der Waals surface area contributed by atoms with Gasteiger partial charge in [0.15, 0.2) is 0 Å². The lowest BCUT2D eigenvalue weighted by Gasteiger charge is -2.54. The maximum Gasteiger partial charge on any atom is 0.410 e. The summed E-state index contributed by atoms with van der Waals surface area (Å²) in [6.07, 6.45) is 4.46. The lowest BCUT2D eigenvalue weighted by Crippen LogP contribution is -3.14. The summed E-state index contributed by atoms with van der Waals surface area (Å²) in [5.41, 5.74) is 1.41. The molecule has 0 saturated carbocycles. The van der Waals surface area contributed by atoms with E-state index < -0.39 is 35.8 Å². The molecule has 5 aliphatic rings. The van der Waals surface area contributed by atoms with Crippen LogP contribution in [0.3, 0.4) is 0 Å². The molecule has 1 unspecified atom stereocenters. The third-order valence-corrected chi connectivity index (χ3v) is 9.70. The van der Waals surface area contributed by atoms with E-state index in [2.05, 4.69) is 10.2 Å².